The van der Waals surface area contributed by atoms with Crippen molar-refractivity contribution >= 4 is 11.7 Å². The van der Waals surface area contributed by atoms with Gasteiger partial charge in [0.25, 0.3) is 0 Å². The third-order valence-corrected chi connectivity index (χ3v) is 2.75. The summed E-state index contributed by atoms with van der Waals surface area (Å²) in [5.41, 5.74) is -1.60. The zero-order valence-corrected chi connectivity index (χ0v) is 11.2. The number of carboxylic acids is 1. The van der Waals surface area contributed by atoms with Crippen molar-refractivity contribution in [1.82, 2.24) is 0 Å². The number of anilines is 1. The van der Waals surface area contributed by atoms with Gasteiger partial charge in [-0.15, -0.1) is 0 Å². The molecule has 1 aromatic rings. The minimum atomic E-state index is -4.70. The van der Waals surface area contributed by atoms with Gasteiger partial charge in [0.1, 0.15) is 0 Å². The fourth-order valence-corrected chi connectivity index (χ4v) is 1.67. The Labute approximate surface area is 114 Å². The van der Waals surface area contributed by atoms with E-state index in [-0.39, 0.29) is 0 Å². The maximum atomic E-state index is 12.9. The van der Waals surface area contributed by atoms with Gasteiger partial charge in [0, 0.05) is 25.9 Å². The molecule has 1 rings (SSSR count). The molecule has 0 amide bonds. The summed E-state index contributed by atoms with van der Waals surface area (Å²) in [4.78, 5) is 12.4. The summed E-state index contributed by atoms with van der Waals surface area (Å²) < 4.78 is 43.7. The number of halogens is 3. The first-order valence-corrected chi connectivity index (χ1v) is 6.00. The maximum absolute atomic E-state index is 12.9. The first-order chi connectivity index (χ1) is 9.27. The second-order valence-electron chi connectivity index (χ2n) is 4.15. The zero-order chi connectivity index (χ0) is 15.3. The molecule has 1 N–H and O–H groups in total. The Bertz CT molecular complexity index is 474. The summed E-state index contributed by atoms with van der Waals surface area (Å²) in [6, 6.07) is 3.16. The van der Waals surface area contributed by atoms with Crippen LogP contribution in [0.4, 0.5) is 18.9 Å². The van der Waals surface area contributed by atoms with Crippen molar-refractivity contribution in [1.29, 1.82) is 0 Å². The molecule has 0 aliphatic rings. The van der Waals surface area contributed by atoms with Crippen molar-refractivity contribution in [3.05, 3.63) is 29.3 Å². The molecule has 0 bridgehead atoms. The Morgan fingerprint density at radius 3 is 2.55 bits per heavy atom. The standard InChI is InChI=1S/C13H16F3NO3/c1-3-20-7-6-17(2)9-4-5-10(12(18)19)11(8-9)13(14,15)16/h4-5,8H,3,6-7H2,1-2H3,(H,18,19). The third kappa shape index (κ3) is 4.12. The van der Waals surface area contributed by atoms with Gasteiger partial charge in [-0.3, -0.25) is 0 Å². The summed E-state index contributed by atoms with van der Waals surface area (Å²) in [6.45, 7) is 3.15. The van der Waals surface area contributed by atoms with E-state index in [0.717, 1.165) is 12.1 Å². The van der Waals surface area contributed by atoms with Crippen molar-refractivity contribution in [3.8, 4) is 0 Å². The number of rotatable bonds is 6. The first kappa shape index (κ1) is 16.3. The summed E-state index contributed by atoms with van der Waals surface area (Å²) in [6.07, 6.45) is -4.70. The Hall–Kier alpha value is -1.76. The van der Waals surface area contributed by atoms with E-state index in [9.17, 15) is 18.0 Å². The maximum Gasteiger partial charge on any atom is 0.417 e. The first-order valence-electron chi connectivity index (χ1n) is 6.00. The second-order valence-corrected chi connectivity index (χ2v) is 4.15. The summed E-state index contributed by atoms with van der Waals surface area (Å²) in [7, 11) is 1.62. The quantitative estimate of drug-likeness (QED) is 0.819. The van der Waals surface area contributed by atoms with E-state index < -0.39 is 23.3 Å². The van der Waals surface area contributed by atoms with E-state index >= 15 is 0 Å². The average molecular weight is 291 g/mol. The van der Waals surface area contributed by atoms with E-state index in [1.165, 1.54) is 6.07 Å². The highest BCUT2D eigenvalue weighted by molar-refractivity contribution is 5.90. The average Bonchev–Trinajstić information content (AvgIpc) is 2.37. The van der Waals surface area contributed by atoms with Crippen LogP contribution >= 0.6 is 0 Å². The number of aromatic carboxylic acids is 1. The molecule has 0 fully saturated rings. The molecule has 0 saturated heterocycles. The SMILES string of the molecule is CCOCCN(C)c1ccc(C(=O)O)c(C(F)(F)F)c1. The predicted molar refractivity (Wildman–Crippen MR) is 68.2 cm³/mol. The molecule has 112 valence electrons. The van der Waals surface area contributed by atoms with Crippen molar-refractivity contribution in [3.63, 3.8) is 0 Å². The van der Waals surface area contributed by atoms with Crippen LogP contribution in [-0.4, -0.2) is 37.9 Å². The van der Waals surface area contributed by atoms with Gasteiger partial charge in [-0.1, -0.05) is 0 Å². The van der Waals surface area contributed by atoms with Gasteiger partial charge in [0.2, 0.25) is 0 Å². The molecule has 0 heterocycles. The lowest BCUT2D eigenvalue weighted by Gasteiger charge is -2.21. The van der Waals surface area contributed by atoms with E-state index in [4.69, 9.17) is 9.84 Å². The lowest BCUT2D eigenvalue weighted by atomic mass is 10.1. The van der Waals surface area contributed by atoms with Crippen molar-refractivity contribution < 1.29 is 27.8 Å². The molecule has 0 radical (unpaired) electrons. The van der Waals surface area contributed by atoms with Gasteiger partial charge in [0.15, 0.2) is 0 Å². The minimum absolute atomic E-state index is 0.294. The topological polar surface area (TPSA) is 49.8 Å². The summed E-state index contributed by atoms with van der Waals surface area (Å²) in [5.74, 6) is -1.60. The van der Waals surface area contributed by atoms with Gasteiger partial charge in [-0.2, -0.15) is 13.2 Å². The van der Waals surface area contributed by atoms with Crippen LogP contribution in [0.3, 0.4) is 0 Å². The third-order valence-electron chi connectivity index (χ3n) is 2.75. The molecular weight excluding hydrogens is 275 g/mol. The number of carbonyl (C=O) groups is 1. The number of carboxylic acid groups (broad SMARTS) is 1. The fraction of sp³-hybridized carbons (Fsp3) is 0.462. The molecule has 0 saturated carbocycles. The lowest BCUT2D eigenvalue weighted by molar-refractivity contribution is -0.138. The van der Waals surface area contributed by atoms with E-state index in [0.29, 0.717) is 25.4 Å². The zero-order valence-electron chi connectivity index (χ0n) is 11.2. The van der Waals surface area contributed by atoms with Crippen LogP contribution in [0.25, 0.3) is 0 Å². The smallest absolute Gasteiger partial charge is 0.417 e. The van der Waals surface area contributed by atoms with Crippen LogP contribution < -0.4 is 4.90 Å². The Kier molecular flexibility index (Phi) is 5.38. The molecule has 0 aromatic heterocycles. The number of hydrogen-bond donors (Lipinski definition) is 1. The summed E-state index contributed by atoms with van der Waals surface area (Å²) >= 11 is 0. The number of benzene rings is 1. The Morgan fingerprint density at radius 2 is 2.05 bits per heavy atom. The molecule has 4 nitrogen and oxygen atoms in total. The Balaban J connectivity index is 3.03. The molecule has 0 unspecified atom stereocenters. The highest BCUT2D eigenvalue weighted by Crippen LogP contribution is 2.34. The number of hydrogen-bond acceptors (Lipinski definition) is 3. The van der Waals surface area contributed by atoms with Crippen LogP contribution in [0.15, 0.2) is 18.2 Å². The lowest BCUT2D eigenvalue weighted by Crippen LogP contribution is -2.23. The largest absolute Gasteiger partial charge is 0.478 e. The normalized spacial score (nSPS) is 11.4. The number of likely N-dealkylation sites (N-methyl/N-ethyl adjacent to an activating group) is 1. The fourth-order valence-electron chi connectivity index (χ4n) is 1.67. The van der Waals surface area contributed by atoms with Crippen LogP contribution in [0.5, 0.6) is 0 Å². The Morgan fingerprint density at radius 1 is 1.40 bits per heavy atom. The van der Waals surface area contributed by atoms with Gasteiger partial charge >= 0.3 is 12.1 Å². The molecule has 0 atom stereocenters. The molecule has 7 heteroatoms. The van der Waals surface area contributed by atoms with Crippen LogP contribution in [0.1, 0.15) is 22.8 Å². The molecule has 0 spiro atoms. The van der Waals surface area contributed by atoms with Crippen LogP contribution in [0.2, 0.25) is 0 Å². The molecule has 0 aliphatic carbocycles. The van der Waals surface area contributed by atoms with Gasteiger partial charge in [-0.25, -0.2) is 4.79 Å². The van der Waals surface area contributed by atoms with Crippen LogP contribution in [0, 0.1) is 0 Å². The molecule has 20 heavy (non-hydrogen) atoms. The van der Waals surface area contributed by atoms with Crippen molar-refractivity contribution in [2.24, 2.45) is 0 Å². The van der Waals surface area contributed by atoms with Crippen molar-refractivity contribution in [2.75, 3.05) is 31.7 Å². The minimum Gasteiger partial charge on any atom is -0.478 e. The molecule has 1 aromatic carbocycles. The summed E-state index contributed by atoms with van der Waals surface area (Å²) in [5, 5.41) is 8.80. The molecule has 0 aliphatic heterocycles. The highest BCUT2D eigenvalue weighted by Gasteiger charge is 2.35. The second kappa shape index (κ2) is 6.60. The predicted octanol–water partition coefficient (Wildman–Crippen LogP) is 2.88. The number of alkyl halides is 3. The van der Waals surface area contributed by atoms with E-state index in [2.05, 4.69) is 0 Å². The number of nitrogens with zero attached hydrogens (tertiary/aromatic N) is 1. The number of ether oxygens (including phenoxy) is 1. The van der Waals surface area contributed by atoms with Gasteiger partial charge in [0.05, 0.1) is 17.7 Å². The van der Waals surface area contributed by atoms with Crippen LogP contribution in [-0.2, 0) is 10.9 Å². The highest BCUT2D eigenvalue weighted by atomic mass is 19.4. The monoisotopic (exact) mass is 291 g/mol. The van der Waals surface area contributed by atoms with Gasteiger partial charge in [-0.05, 0) is 25.1 Å². The van der Waals surface area contributed by atoms with E-state index in [1.54, 1.807) is 11.9 Å². The molecular formula is C13H16F3NO3. The van der Waals surface area contributed by atoms with Gasteiger partial charge < -0.3 is 14.7 Å². The van der Waals surface area contributed by atoms with Crippen molar-refractivity contribution in [2.45, 2.75) is 13.1 Å². The van der Waals surface area contributed by atoms with E-state index in [1.807, 2.05) is 6.92 Å².